The molecule has 22 heavy (non-hydrogen) atoms. The van der Waals surface area contributed by atoms with Gasteiger partial charge in [-0.3, -0.25) is 23.9 Å². The summed E-state index contributed by atoms with van der Waals surface area (Å²) in [4.78, 5) is 48.0. The minimum Gasteiger partial charge on any atom is -0.451 e. The molecule has 0 unspecified atom stereocenters. The highest BCUT2D eigenvalue weighted by molar-refractivity contribution is 5.83. The van der Waals surface area contributed by atoms with Gasteiger partial charge in [0.2, 0.25) is 0 Å². The predicted octanol–water partition coefficient (Wildman–Crippen LogP) is -0.473. The molecule has 8 nitrogen and oxygen atoms in total. The Hall–Kier alpha value is -2.38. The summed E-state index contributed by atoms with van der Waals surface area (Å²) in [7, 11) is 0. The highest BCUT2D eigenvalue weighted by Crippen LogP contribution is 2.17. The summed E-state index contributed by atoms with van der Waals surface area (Å²) < 4.78 is 6.01. The number of H-pyrrole nitrogens is 1. The van der Waals surface area contributed by atoms with Gasteiger partial charge in [0.05, 0.1) is 0 Å². The number of esters is 1. The fraction of sp³-hybridized carbons (Fsp3) is 0.571. The third kappa shape index (κ3) is 4.31. The molecule has 0 aliphatic heterocycles. The van der Waals surface area contributed by atoms with Gasteiger partial charge >= 0.3 is 11.7 Å². The molecular formula is C14H19N3O5. The number of nitrogens with one attached hydrogen (secondary N) is 2. The number of rotatable bonds is 5. The number of ether oxygens (including phenoxy) is 1. The average Bonchev–Trinajstić information content (AvgIpc) is 2.94. The third-order valence-electron chi connectivity index (χ3n) is 3.58. The molecule has 8 heteroatoms. The summed E-state index contributed by atoms with van der Waals surface area (Å²) in [6.45, 7) is 1.12. The van der Waals surface area contributed by atoms with Gasteiger partial charge in [-0.25, -0.2) is 4.79 Å². The summed E-state index contributed by atoms with van der Waals surface area (Å²) in [6.07, 6.45) is 4.35. The molecule has 0 bridgehead atoms. The van der Waals surface area contributed by atoms with Gasteiger partial charge in [0.15, 0.2) is 6.10 Å². The first kappa shape index (κ1) is 16.0. The molecule has 0 spiro atoms. The lowest BCUT2D eigenvalue weighted by Crippen LogP contribution is -2.41. The van der Waals surface area contributed by atoms with Crippen LogP contribution in [0.4, 0.5) is 0 Å². The number of nitrogens with zero attached hydrogens (tertiary/aromatic N) is 1. The first-order chi connectivity index (χ1) is 10.5. The Bertz CT molecular complexity index is 657. The van der Waals surface area contributed by atoms with Crippen molar-refractivity contribution in [2.75, 3.05) is 0 Å². The molecular weight excluding hydrogens is 290 g/mol. The van der Waals surface area contributed by atoms with Gasteiger partial charge in [-0.2, -0.15) is 0 Å². The van der Waals surface area contributed by atoms with Gasteiger partial charge < -0.3 is 10.1 Å². The molecule has 0 aromatic carbocycles. The molecule has 1 amide bonds. The van der Waals surface area contributed by atoms with E-state index in [1.807, 2.05) is 4.98 Å². The van der Waals surface area contributed by atoms with Crippen LogP contribution in [0.1, 0.15) is 32.6 Å². The minimum absolute atomic E-state index is 0.149. The summed E-state index contributed by atoms with van der Waals surface area (Å²) in [5.74, 6) is -1.06. The quantitative estimate of drug-likeness (QED) is 0.714. The van der Waals surface area contributed by atoms with Crippen LogP contribution < -0.4 is 16.6 Å². The van der Waals surface area contributed by atoms with Crippen LogP contribution in [0.15, 0.2) is 21.9 Å². The molecule has 1 fully saturated rings. The fourth-order valence-corrected chi connectivity index (χ4v) is 2.38. The van der Waals surface area contributed by atoms with Crippen LogP contribution in [0.2, 0.25) is 0 Å². The van der Waals surface area contributed by atoms with Crippen LogP contribution >= 0.6 is 0 Å². The maximum absolute atomic E-state index is 11.9. The lowest BCUT2D eigenvalue weighted by Gasteiger charge is -2.17. The van der Waals surface area contributed by atoms with Crippen LogP contribution in [0.5, 0.6) is 0 Å². The lowest BCUT2D eigenvalue weighted by molar-refractivity contribution is -0.155. The number of carbonyl (C=O) groups excluding carboxylic acids is 2. The molecule has 1 heterocycles. The van der Waals surface area contributed by atoms with Crippen molar-refractivity contribution in [2.24, 2.45) is 0 Å². The van der Waals surface area contributed by atoms with E-state index in [-0.39, 0.29) is 18.5 Å². The highest BCUT2D eigenvalue weighted by Gasteiger charge is 2.23. The molecule has 1 aliphatic rings. The molecule has 1 aromatic heterocycles. The van der Waals surface area contributed by atoms with E-state index in [2.05, 4.69) is 5.32 Å². The van der Waals surface area contributed by atoms with Gasteiger partial charge in [0.25, 0.3) is 11.5 Å². The Balaban J connectivity index is 1.86. The van der Waals surface area contributed by atoms with Crippen molar-refractivity contribution in [1.29, 1.82) is 0 Å². The van der Waals surface area contributed by atoms with Crippen LogP contribution in [-0.4, -0.2) is 33.6 Å². The Morgan fingerprint density at radius 3 is 2.73 bits per heavy atom. The molecule has 2 N–H and O–H groups in total. The number of aromatic nitrogens is 2. The zero-order valence-corrected chi connectivity index (χ0v) is 12.3. The Morgan fingerprint density at radius 1 is 1.41 bits per heavy atom. The highest BCUT2D eigenvalue weighted by atomic mass is 16.5. The second-order valence-electron chi connectivity index (χ2n) is 5.36. The average molecular weight is 309 g/mol. The van der Waals surface area contributed by atoms with Crippen molar-refractivity contribution in [3.63, 3.8) is 0 Å². The third-order valence-corrected chi connectivity index (χ3v) is 3.58. The Morgan fingerprint density at radius 2 is 2.09 bits per heavy atom. The lowest BCUT2D eigenvalue weighted by atomic mass is 10.2. The van der Waals surface area contributed by atoms with Gasteiger partial charge in [-0.15, -0.1) is 0 Å². The van der Waals surface area contributed by atoms with Gasteiger partial charge in [-0.05, 0) is 19.8 Å². The van der Waals surface area contributed by atoms with Crippen molar-refractivity contribution in [2.45, 2.75) is 51.3 Å². The standard InChI is InChI=1S/C14H19N3O5/c1-9(13(20)15-10-4-2-3-5-10)22-12(19)8-17-7-6-11(18)16-14(17)21/h6-7,9-10H,2-5,8H2,1H3,(H,15,20)(H,16,18,21)/t9-/m0/s1. The van der Waals surface area contributed by atoms with E-state index in [0.717, 1.165) is 36.3 Å². The smallest absolute Gasteiger partial charge is 0.328 e. The molecule has 1 aromatic rings. The van der Waals surface area contributed by atoms with E-state index in [1.165, 1.54) is 13.1 Å². The first-order valence-electron chi connectivity index (χ1n) is 7.25. The van der Waals surface area contributed by atoms with Crippen LogP contribution in [-0.2, 0) is 20.9 Å². The summed E-state index contributed by atoms with van der Waals surface area (Å²) >= 11 is 0. The number of hydrogen-bond donors (Lipinski definition) is 2. The first-order valence-corrected chi connectivity index (χ1v) is 7.25. The molecule has 1 aliphatic carbocycles. The molecule has 0 saturated heterocycles. The Labute approximate surface area is 126 Å². The SMILES string of the molecule is C[C@H](OC(=O)Cn1ccc(=O)[nH]c1=O)C(=O)NC1CCCC1. The summed E-state index contributed by atoms with van der Waals surface area (Å²) in [6, 6.07) is 1.28. The zero-order chi connectivity index (χ0) is 16.1. The topological polar surface area (TPSA) is 110 Å². The van der Waals surface area contributed by atoms with E-state index in [1.54, 1.807) is 0 Å². The normalized spacial score (nSPS) is 16.2. The molecule has 120 valence electrons. The van der Waals surface area contributed by atoms with E-state index in [0.29, 0.717) is 0 Å². The molecule has 1 saturated carbocycles. The second kappa shape index (κ2) is 7.06. The van der Waals surface area contributed by atoms with Crippen LogP contribution in [0.3, 0.4) is 0 Å². The maximum atomic E-state index is 11.9. The van der Waals surface area contributed by atoms with E-state index in [9.17, 15) is 19.2 Å². The van der Waals surface area contributed by atoms with Gasteiger partial charge in [-0.1, -0.05) is 12.8 Å². The number of hydrogen-bond acceptors (Lipinski definition) is 5. The van der Waals surface area contributed by atoms with E-state index < -0.39 is 23.3 Å². The van der Waals surface area contributed by atoms with Crippen LogP contribution in [0, 0.1) is 0 Å². The van der Waals surface area contributed by atoms with Gasteiger partial charge in [0.1, 0.15) is 6.54 Å². The summed E-state index contributed by atoms with van der Waals surface area (Å²) in [5.41, 5.74) is -1.24. The number of carbonyl (C=O) groups is 2. The Kier molecular flexibility index (Phi) is 5.13. The van der Waals surface area contributed by atoms with Crippen molar-refractivity contribution in [1.82, 2.24) is 14.9 Å². The monoisotopic (exact) mass is 309 g/mol. The number of amides is 1. The second-order valence-corrected chi connectivity index (χ2v) is 5.36. The van der Waals surface area contributed by atoms with Crippen molar-refractivity contribution in [3.8, 4) is 0 Å². The van der Waals surface area contributed by atoms with E-state index in [4.69, 9.17) is 4.74 Å². The maximum Gasteiger partial charge on any atom is 0.328 e. The van der Waals surface area contributed by atoms with Crippen molar-refractivity contribution in [3.05, 3.63) is 33.1 Å². The molecule has 2 rings (SSSR count). The van der Waals surface area contributed by atoms with Crippen molar-refractivity contribution < 1.29 is 14.3 Å². The predicted molar refractivity (Wildman–Crippen MR) is 77.3 cm³/mol. The molecule has 0 radical (unpaired) electrons. The minimum atomic E-state index is -0.924. The number of aromatic amines is 1. The molecule has 1 atom stereocenters. The van der Waals surface area contributed by atoms with Crippen molar-refractivity contribution >= 4 is 11.9 Å². The van der Waals surface area contributed by atoms with Crippen LogP contribution in [0.25, 0.3) is 0 Å². The largest absolute Gasteiger partial charge is 0.451 e. The fourth-order valence-electron chi connectivity index (χ4n) is 2.38. The van der Waals surface area contributed by atoms with Gasteiger partial charge in [0, 0.05) is 18.3 Å². The zero-order valence-electron chi connectivity index (χ0n) is 12.3. The van der Waals surface area contributed by atoms with E-state index >= 15 is 0 Å². The summed E-state index contributed by atoms with van der Waals surface area (Å²) in [5, 5.41) is 2.83.